The zero-order valence-corrected chi connectivity index (χ0v) is 16.7. The molecule has 28 heavy (non-hydrogen) atoms. The minimum Gasteiger partial charge on any atom is -0.358 e. The van der Waals surface area contributed by atoms with E-state index in [1.165, 1.54) is 0 Å². The van der Waals surface area contributed by atoms with Crippen LogP contribution in [-0.2, 0) is 11.2 Å². The van der Waals surface area contributed by atoms with Crippen LogP contribution < -0.4 is 16.0 Å². The molecule has 2 aromatic heterocycles. The Hall–Kier alpha value is -2.68. The second-order valence-electron chi connectivity index (χ2n) is 6.92. The number of nitrogens with one attached hydrogen (secondary N) is 3. The third-order valence-corrected chi connectivity index (χ3v) is 4.91. The molecule has 0 radical (unpaired) electrons. The van der Waals surface area contributed by atoms with E-state index in [2.05, 4.69) is 38.0 Å². The highest BCUT2D eigenvalue weighted by Crippen LogP contribution is 2.10. The minimum atomic E-state index is 0.0716. The fourth-order valence-electron chi connectivity index (χ4n) is 3.36. The van der Waals surface area contributed by atoms with Crippen LogP contribution in [0.5, 0.6) is 0 Å². The zero-order valence-electron chi connectivity index (χ0n) is 16.7. The van der Waals surface area contributed by atoms with Gasteiger partial charge in [-0.15, -0.1) is 10.2 Å². The van der Waals surface area contributed by atoms with E-state index < -0.39 is 0 Å². The highest BCUT2D eigenvalue weighted by atomic mass is 16.1. The number of likely N-dealkylation sites (N-methyl/N-ethyl adjacent to an activating group) is 1. The Labute approximate surface area is 165 Å². The molecule has 1 amide bonds. The second-order valence-corrected chi connectivity index (χ2v) is 6.92. The molecule has 0 unspecified atom stereocenters. The van der Waals surface area contributed by atoms with Gasteiger partial charge in [-0.2, -0.15) is 0 Å². The Bertz CT molecular complexity index is 794. The van der Waals surface area contributed by atoms with Crippen molar-refractivity contribution in [3.63, 3.8) is 0 Å². The first-order chi connectivity index (χ1) is 13.7. The summed E-state index contributed by atoms with van der Waals surface area (Å²) in [6.45, 7) is 5.82. The third-order valence-electron chi connectivity index (χ3n) is 4.91. The summed E-state index contributed by atoms with van der Waals surface area (Å²) in [6, 6.07) is 6.25. The van der Waals surface area contributed by atoms with Crippen molar-refractivity contribution in [2.45, 2.75) is 32.2 Å². The van der Waals surface area contributed by atoms with Crippen LogP contribution in [0.3, 0.4) is 0 Å². The summed E-state index contributed by atoms with van der Waals surface area (Å²) in [5.74, 6) is 1.82. The molecular formula is C19H30N8O. The number of fused-ring (bicyclic) bond motifs is 1. The number of carbonyl (C=O) groups is 1. The topological polar surface area (TPSA) is 98.9 Å². The predicted molar refractivity (Wildman–Crippen MR) is 109 cm³/mol. The minimum absolute atomic E-state index is 0.0716. The number of hydrogen-bond acceptors (Lipinski definition) is 5. The predicted octanol–water partition coefficient (Wildman–Crippen LogP) is 0.0373. The fraction of sp³-hybridized carbons (Fsp3) is 0.579. The molecule has 0 atom stereocenters. The van der Waals surface area contributed by atoms with Gasteiger partial charge in [0.05, 0.1) is 6.54 Å². The number of piperidine rings is 1. The van der Waals surface area contributed by atoms with Crippen LogP contribution in [0.2, 0.25) is 0 Å². The molecule has 3 heterocycles. The molecule has 9 heteroatoms. The summed E-state index contributed by atoms with van der Waals surface area (Å²) in [7, 11) is 1.68. The van der Waals surface area contributed by atoms with Crippen LogP contribution in [0.1, 0.15) is 25.6 Å². The molecule has 1 fully saturated rings. The van der Waals surface area contributed by atoms with Gasteiger partial charge in [0.1, 0.15) is 5.82 Å². The van der Waals surface area contributed by atoms with Crippen molar-refractivity contribution in [2.24, 2.45) is 4.99 Å². The summed E-state index contributed by atoms with van der Waals surface area (Å²) in [6.07, 6.45) is 4.70. The molecule has 1 saturated heterocycles. The lowest BCUT2D eigenvalue weighted by molar-refractivity contribution is -0.122. The largest absolute Gasteiger partial charge is 0.358 e. The SMILES string of the molecule is CCNC(=NCCc1nnc2ccccn12)NC1CCN(CC(=O)NC)CC1. The van der Waals surface area contributed by atoms with Crippen molar-refractivity contribution in [1.29, 1.82) is 0 Å². The second kappa shape index (κ2) is 10.0. The van der Waals surface area contributed by atoms with Crippen LogP contribution in [-0.4, -0.2) is 77.2 Å². The average Bonchev–Trinajstić information content (AvgIpc) is 3.13. The van der Waals surface area contributed by atoms with Crippen LogP contribution >= 0.6 is 0 Å². The summed E-state index contributed by atoms with van der Waals surface area (Å²) in [5, 5.41) is 18.0. The number of carbonyl (C=O) groups excluding carboxylic acids is 1. The molecule has 9 nitrogen and oxygen atoms in total. The van der Waals surface area contributed by atoms with Crippen molar-refractivity contribution >= 4 is 17.5 Å². The van der Waals surface area contributed by atoms with Gasteiger partial charge in [0.15, 0.2) is 11.6 Å². The average molecular weight is 387 g/mol. The molecular weight excluding hydrogens is 356 g/mol. The van der Waals surface area contributed by atoms with Crippen LogP contribution in [0.15, 0.2) is 29.4 Å². The summed E-state index contributed by atoms with van der Waals surface area (Å²) in [4.78, 5) is 18.4. The maximum atomic E-state index is 11.5. The van der Waals surface area contributed by atoms with Gasteiger partial charge < -0.3 is 16.0 Å². The van der Waals surface area contributed by atoms with E-state index in [0.717, 1.165) is 56.3 Å². The molecule has 0 bridgehead atoms. The van der Waals surface area contributed by atoms with E-state index in [1.807, 2.05) is 28.8 Å². The Kier molecular flexibility index (Phi) is 7.18. The van der Waals surface area contributed by atoms with Gasteiger partial charge in [-0.05, 0) is 31.9 Å². The van der Waals surface area contributed by atoms with Gasteiger partial charge >= 0.3 is 0 Å². The van der Waals surface area contributed by atoms with Gasteiger partial charge in [-0.25, -0.2) is 0 Å². The van der Waals surface area contributed by atoms with Gasteiger partial charge in [-0.3, -0.25) is 19.1 Å². The molecule has 1 aliphatic rings. The molecule has 0 aromatic carbocycles. The summed E-state index contributed by atoms with van der Waals surface area (Å²) in [5.41, 5.74) is 0.857. The number of nitrogens with zero attached hydrogens (tertiary/aromatic N) is 5. The monoisotopic (exact) mass is 386 g/mol. The van der Waals surface area contributed by atoms with E-state index >= 15 is 0 Å². The Morgan fingerprint density at radius 3 is 2.86 bits per heavy atom. The van der Waals surface area contributed by atoms with Gasteiger partial charge in [0.25, 0.3) is 0 Å². The molecule has 1 aliphatic heterocycles. The van der Waals surface area contributed by atoms with E-state index in [-0.39, 0.29) is 5.91 Å². The van der Waals surface area contributed by atoms with E-state index in [4.69, 9.17) is 4.99 Å². The summed E-state index contributed by atoms with van der Waals surface area (Å²) < 4.78 is 2.00. The molecule has 3 rings (SSSR count). The van der Waals surface area contributed by atoms with Crippen molar-refractivity contribution in [3.8, 4) is 0 Å². The number of aliphatic imine (C=N–C) groups is 1. The standard InChI is InChI=1S/C19H30N8O/c1-3-21-19(23-15-8-12-26(13-9-15)14-18(28)20-2)22-10-7-17-25-24-16-6-4-5-11-27(16)17/h4-6,11,15H,3,7-10,12-14H2,1-2H3,(H,20,28)(H2,21,22,23). The number of guanidine groups is 1. The molecule has 0 saturated carbocycles. The highest BCUT2D eigenvalue weighted by molar-refractivity contribution is 5.80. The highest BCUT2D eigenvalue weighted by Gasteiger charge is 2.21. The van der Waals surface area contributed by atoms with Gasteiger partial charge in [-0.1, -0.05) is 6.07 Å². The number of aromatic nitrogens is 3. The number of rotatable bonds is 7. The van der Waals surface area contributed by atoms with E-state index in [1.54, 1.807) is 7.05 Å². The number of amides is 1. The van der Waals surface area contributed by atoms with E-state index in [9.17, 15) is 4.79 Å². The lowest BCUT2D eigenvalue weighted by Gasteiger charge is -2.32. The quantitative estimate of drug-likeness (QED) is 0.459. The number of likely N-dealkylation sites (tertiary alicyclic amines) is 1. The van der Waals surface area contributed by atoms with Gasteiger partial charge in [0.2, 0.25) is 5.91 Å². The Morgan fingerprint density at radius 1 is 1.29 bits per heavy atom. The van der Waals surface area contributed by atoms with Crippen molar-refractivity contribution in [1.82, 2.24) is 35.4 Å². The maximum Gasteiger partial charge on any atom is 0.233 e. The molecule has 152 valence electrons. The third kappa shape index (κ3) is 5.41. The Balaban J connectivity index is 1.50. The maximum absolute atomic E-state index is 11.5. The molecule has 0 spiro atoms. The molecule has 2 aromatic rings. The molecule has 0 aliphatic carbocycles. The first-order valence-electron chi connectivity index (χ1n) is 9.96. The lowest BCUT2D eigenvalue weighted by Crippen LogP contribution is -2.50. The normalized spacial score (nSPS) is 16.3. The fourth-order valence-corrected chi connectivity index (χ4v) is 3.36. The van der Waals surface area contributed by atoms with Crippen molar-refractivity contribution in [3.05, 3.63) is 30.2 Å². The molecule has 3 N–H and O–H groups in total. The number of hydrogen-bond donors (Lipinski definition) is 3. The first-order valence-corrected chi connectivity index (χ1v) is 9.96. The van der Waals surface area contributed by atoms with E-state index in [0.29, 0.717) is 19.1 Å². The number of pyridine rings is 1. The Morgan fingerprint density at radius 2 is 2.11 bits per heavy atom. The van der Waals surface area contributed by atoms with Crippen LogP contribution in [0.4, 0.5) is 0 Å². The summed E-state index contributed by atoms with van der Waals surface area (Å²) >= 11 is 0. The van der Waals surface area contributed by atoms with Gasteiger partial charge in [0, 0.05) is 51.9 Å². The van der Waals surface area contributed by atoms with Crippen molar-refractivity contribution in [2.75, 3.05) is 39.8 Å². The smallest absolute Gasteiger partial charge is 0.233 e. The zero-order chi connectivity index (χ0) is 19.8. The van der Waals surface area contributed by atoms with Crippen LogP contribution in [0, 0.1) is 0 Å². The first kappa shape index (κ1) is 20.1. The van der Waals surface area contributed by atoms with Crippen molar-refractivity contribution < 1.29 is 4.79 Å². The van der Waals surface area contributed by atoms with Crippen LogP contribution in [0.25, 0.3) is 5.65 Å². The lowest BCUT2D eigenvalue weighted by atomic mass is 10.1.